The van der Waals surface area contributed by atoms with E-state index in [4.69, 9.17) is 0 Å². The quantitative estimate of drug-likeness (QED) is 0.814. The lowest BCUT2D eigenvalue weighted by Crippen LogP contribution is -2.48. The molecule has 8 heteroatoms. The number of hydrogen-bond acceptors (Lipinski definition) is 5. The van der Waals surface area contributed by atoms with Crippen molar-refractivity contribution in [3.63, 3.8) is 0 Å². The number of rotatable bonds is 3. The topological polar surface area (TPSA) is 85.1 Å². The molecule has 0 aliphatic carbocycles. The number of piperidine rings is 1. The Balaban J connectivity index is 1.79. The summed E-state index contributed by atoms with van der Waals surface area (Å²) in [6.45, 7) is 1.45. The predicted octanol–water partition coefficient (Wildman–Crippen LogP) is -0.660. The van der Waals surface area contributed by atoms with Crippen LogP contribution in [0.2, 0.25) is 0 Å². The van der Waals surface area contributed by atoms with Crippen molar-refractivity contribution in [3.8, 4) is 0 Å². The second-order valence-corrected chi connectivity index (χ2v) is 5.65. The number of aryl methyl sites for hydroxylation is 1. The Morgan fingerprint density at radius 1 is 1.50 bits per heavy atom. The number of likely N-dealkylation sites (N-methyl/N-ethyl adjacent to an activating group) is 1. The van der Waals surface area contributed by atoms with Gasteiger partial charge in [0.1, 0.15) is 18.3 Å². The standard InChI is InChI=1S/C14H20N6O2/c1-15-10-4-3-5-19(7-10)12(21)8-20-9-16-13-11(14(20)22)6-17-18(13)2/h6,9-10,15H,3-5,7-8H2,1-2H3. The van der Waals surface area contributed by atoms with E-state index >= 15 is 0 Å². The van der Waals surface area contributed by atoms with E-state index < -0.39 is 0 Å². The zero-order chi connectivity index (χ0) is 15.7. The first kappa shape index (κ1) is 14.7. The molecule has 1 saturated heterocycles. The molecule has 3 heterocycles. The highest BCUT2D eigenvalue weighted by molar-refractivity contribution is 5.77. The Morgan fingerprint density at radius 2 is 2.32 bits per heavy atom. The van der Waals surface area contributed by atoms with E-state index in [0.717, 1.165) is 19.4 Å². The van der Waals surface area contributed by atoms with E-state index in [2.05, 4.69) is 15.4 Å². The monoisotopic (exact) mass is 304 g/mol. The van der Waals surface area contributed by atoms with Crippen LogP contribution in [-0.4, -0.2) is 56.3 Å². The number of likely N-dealkylation sites (tertiary alicyclic amines) is 1. The third-order valence-corrected chi connectivity index (χ3v) is 4.21. The first-order valence-electron chi connectivity index (χ1n) is 7.42. The van der Waals surface area contributed by atoms with Gasteiger partial charge < -0.3 is 10.2 Å². The molecule has 1 amide bonds. The third kappa shape index (κ3) is 2.61. The van der Waals surface area contributed by atoms with Gasteiger partial charge in [-0.2, -0.15) is 5.10 Å². The number of nitrogens with zero attached hydrogens (tertiary/aromatic N) is 5. The number of fused-ring (bicyclic) bond motifs is 1. The summed E-state index contributed by atoms with van der Waals surface area (Å²) >= 11 is 0. The Bertz CT molecular complexity index is 749. The van der Waals surface area contributed by atoms with Crippen LogP contribution in [0.4, 0.5) is 0 Å². The van der Waals surface area contributed by atoms with Crippen LogP contribution in [0, 0.1) is 0 Å². The van der Waals surface area contributed by atoms with Gasteiger partial charge in [0.25, 0.3) is 5.56 Å². The number of hydrogen-bond donors (Lipinski definition) is 1. The second kappa shape index (κ2) is 5.88. The number of amides is 1. The van der Waals surface area contributed by atoms with Crippen LogP contribution < -0.4 is 10.9 Å². The van der Waals surface area contributed by atoms with E-state index in [-0.39, 0.29) is 18.0 Å². The Morgan fingerprint density at radius 3 is 3.09 bits per heavy atom. The molecule has 1 unspecified atom stereocenters. The van der Waals surface area contributed by atoms with E-state index in [1.165, 1.54) is 17.1 Å². The van der Waals surface area contributed by atoms with Crippen molar-refractivity contribution < 1.29 is 4.79 Å². The number of nitrogens with one attached hydrogen (secondary N) is 1. The fraction of sp³-hybridized carbons (Fsp3) is 0.571. The summed E-state index contributed by atoms with van der Waals surface area (Å²) < 4.78 is 2.90. The van der Waals surface area contributed by atoms with Crippen LogP contribution in [-0.2, 0) is 18.4 Å². The molecule has 22 heavy (non-hydrogen) atoms. The lowest BCUT2D eigenvalue weighted by atomic mass is 10.1. The Hall–Kier alpha value is -2.22. The Labute approximate surface area is 127 Å². The second-order valence-electron chi connectivity index (χ2n) is 5.65. The summed E-state index contributed by atoms with van der Waals surface area (Å²) in [5.41, 5.74) is 0.301. The average molecular weight is 304 g/mol. The fourth-order valence-electron chi connectivity index (χ4n) is 2.86. The smallest absolute Gasteiger partial charge is 0.264 e. The Kier molecular flexibility index (Phi) is 3.93. The van der Waals surface area contributed by atoms with Crippen molar-refractivity contribution in [3.05, 3.63) is 22.9 Å². The first-order chi connectivity index (χ1) is 10.6. The largest absolute Gasteiger partial charge is 0.340 e. The number of aromatic nitrogens is 4. The van der Waals surface area contributed by atoms with Gasteiger partial charge in [-0.25, -0.2) is 4.98 Å². The van der Waals surface area contributed by atoms with Crippen LogP contribution in [0.15, 0.2) is 17.3 Å². The molecule has 1 aliphatic rings. The molecule has 1 aliphatic heterocycles. The minimum Gasteiger partial charge on any atom is -0.340 e. The minimum atomic E-state index is -0.228. The summed E-state index contributed by atoms with van der Waals surface area (Å²) in [4.78, 5) is 30.8. The molecule has 1 atom stereocenters. The number of carbonyl (C=O) groups excluding carboxylic acids is 1. The van der Waals surface area contributed by atoms with Crippen molar-refractivity contribution in [2.24, 2.45) is 7.05 Å². The fourth-order valence-corrected chi connectivity index (χ4v) is 2.86. The molecule has 1 fully saturated rings. The van der Waals surface area contributed by atoms with Crippen molar-refractivity contribution in [2.75, 3.05) is 20.1 Å². The van der Waals surface area contributed by atoms with Gasteiger partial charge in [0.15, 0.2) is 5.65 Å². The third-order valence-electron chi connectivity index (χ3n) is 4.21. The molecule has 0 bridgehead atoms. The van der Waals surface area contributed by atoms with Gasteiger partial charge in [-0.3, -0.25) is 18.8 Å². The average Bonchev–Trinajstić information content (AvgIpc) is 2.92. The lowest BCUT2D eigenvalue weighted by Gasteiger charge is -2.32. The van der Waals surface area contributed by atoms with Crippen molar-refractivity contribution in [2.45, 2.75) is 25.4 Å². The molecule has 0 saturated carbocycles. The molecular formula is C14H20N6O2. The highest BCUT2D eigenvalue weighted by atomic mass is 16.2. The van der Waals surface area contributed by atoms with E-state index in [1.807, 2.05) is 11.9 Å². The van der Waals surface area contributed by atoms with Gasteiger partial charge in [0.2, 0.25) is 5.91 Å². The molecular weight excluding hydrogens is 284 g/mol. The summed E-state index contributed by atoms with van der Waals surface area (Å²) in [7, 11) is 3.64. The molecule has 0 radical (unpaired) electrons. The maximum absolute atomic E-state index is 12.4. The molecule has 1 N–H and O–H groups in total. The van der Waals surface area contributed by atoms with Crippen LogP contribution in [0.1, 0.15) is 12.8 Å². The molecule has 2 aromatic rings. The van der Waals surface area contributed by atoms with Crippen molar-refractivity contribution in [1.29, 1.82) is 0 Å². The van der Waals surface area contributed by atoms with Gasteiger partial charge in [-0.05, 0) is 19.9 Å². The van der Waals surface area contributed by atoms with E-state index in [0.29, 0.717) is 23.6 Å². The molecule has 3 rings (SSSR count). The molecule has 0 aromatic carbocycles. The van der Waals surface area contributed by atoms with Crippen molar-refractivity contribution >= 4 is 16.9 Å². The van der Waals surface area contributed by atoms with Crippen molar-refractivity contribution in [1.82, 2.24) is 29.5 Å². The molecule has 8 nitrogen and oxygen atoms in total. The first-order valence-corrected chi connectivity index (χ1v) is 7.42. The highest BCUT2D eigenvalue weighted by Gasteiger charge is 2.23. The van der Waals surface area contributed by atoms with Crippen LogP contribution in [0.25, 0.3) is 11.0 Å². The van der Waals surface area contributed by atoms with Crippen LogP contribution in [0.5, 0.6) is 0 Å². The van der Waals surface area contributed by atoms with Gasteiger partial charge in [-0.1, -0.05) is 0 Å². The zero-order valence-corrected chi connectivity index (χ0v) is 12.8. The summed E-state index contributed by atoms with van der Waals surface area (Å²) in [6, 6.07) is 0.327. The maximum Gasteiger partial charge on any atom is 0.264 e. The van der Waals surface area contributed by atoms with E-state index in [9.17, 15) is 9.59 Å². The summed E-state index contributed by atoms with van der Waals surface area (Å²) in [5.74, 6) is -0.0490. The minimum absolute atomic E-state index is 0.0209. The van der Waals surface area contributed by atoms with Gasteiger partial charge >= 0.3 is 0 Å². The maximum atomic E-state index is 12.4. The predicted molar refractivity (Wildman–Crippen MR) is 81.4 cm³/mol. The van der Waals surface area contributed by atoms with Gasteiger partial charge in [-0.15, -0.1) is 0 Å². The van der Waals surface area contributed by atoms with Gasteiger partial charge in [0.05, 0.1) is 6.20 Å². The van der Waals surface area contributed by atoms with E-state index in [1.54, 1.807) is 11.7 Å². The number of carbonyl (C=O) groups is 1. The van der Waals surface area contributed by atoms with Gasteiger partial charge in [0, 0.05) is 26.2 Å². The summed E-state index contributed by atoms with van der Waals surface area (Å²) in [5, 5.41) is 7.66. The lowest BCUT2D eigenvalue weighted by molar-refractivity contribution is -0.133. The highest BCUT2D eigenvalue weighted by Crippen LogP contribution is 2.10. The molecule has 2 aromatic heterocycles. The summed E-state index contributed by atoms with van der Waals surface area (Å²) in [6.07, 6.45) is 4.96. The normalized spacial score (nSPS) is 18.8. The van der Waals surface area contributed by atoms with Crippen LogP contribution in [0.3, 0.4) is 0 Å². The van der Waals surface area contributed by atoms with Crippen LogP contribution >= 0.6 is 0 Å². The molecule has 0 spiro atoms. The zero-order valence-electron chi connectivity index (χ0n) is 12.8. The SMILES string of the molecule is CNC1CCCN(C(=O)Cn2cnc3c(cnn3C)c2=O)C1. The molecule has 118 valence electrons.